The minimum atomic E-state index is -0.917. The summed E-state index contributed by atoms with van der Waals surface area (Å²) in [5.41, 5.74) is 2.30. The molecule has 3 rings (SSSR count). The van der Waals surface area contributed by atoms with E-state index in [0.29, 0.717) is 31.9 Å². The van der Waals surface area contributed by atoms with Gasteiger partial charge in [-0.2, -0.15) is 0 Å². The van der Waals surface area contributed by atoms with Crippen molar-refractivity contribution in [2.45, 2.75) is 6.54 Å². The van der Waals surface area contributed by atoms with Crippen LogP contribution in [0.25, 0.3) is 21.8 Å². The van der Waals surface area contributed by atoms with Crippen LogP contribution in [0.15, 0.2) is 42.5 Å². The van der Waals surface area contributed by atoms with Crippen LogP contribution in [0, 0.1) is 0 Å². The van der Waals surface area contributed by atoms with Gasteiger partial charge in [0.25, 0.3) is 0 Å². The van der Waals surface area contributed by atoms with E-state index in [9.17, 15) is 9.90 Å². The first-order chi connectivity index (χ1) is 11.2. The van der Waals surface area contributed by atoms with Crippen LogP contribution in [0.3, 0.4) is 0 Å². The molecule has 3 aromatic rings. The summed E-state index contributed by atoms with van der Waals surface area (Å²) < 4.78 is 12.6. The number of nitrogens with zero attached hydrogens (tertiary/aromatic N) is 1. The van der Waals surface area contributed by atoms with Gasteiger partial charge in [0, 0.05) is 29.9 Å². The highest BCUT2D eigenvalue weighted by atomic mass is 16.5. The first kappa shape index (κ1) is 15.5. The third-order valence-corrected chi connectivity index (χ3v) is 3.91. The number of fused-ring (bicyclic) bond motifs is 3. The number of hydrogen-bond acceptors (Lipinski definition) is 3. The predicted octanol–water partition coefficient (Wildman–Crippen LogP) is 3.16. The van der Waals surface area contributed by atoms with Crippen LogP contribution in [-0.2, 0) is 16.0 Å². The zero-order valence-electron chi connectivity index (χ0n) is 13.0. The molecule has 0 atom stereocenters. The van der Waals surface area contributed by atoms with Gasteiger partial charge in [-0.05, 0) is 18.2 Å². The molecule has 1 heterocycles. The number of hydrogen-bond donors (Lipinski definition) is 1. The lowest BCUT2D eigenvalue weighted by atomic mass is 10.1. The molecule has 0 aliphatic rings. The topological polar surface area (TPSA) is 60.7 Å². The summed E-state index contributed by atoms with van der Waals surface area (Å²) in [5, 5.41) is 11.4. The predicted molar refractivity (Wildman–Crippen MR) is 89.1 cm³/mol. The van der Waals surface area contributed by atoms with Crippen molar-refractivity contribution in [1.82, 2.24) is 4.57 Å². The number of methoxy groups -OCH3 is 1. The van der Waals surface area contributed by atoms with Gasteiger partial charge < -0.3 is 19.1 Å². The molecule has 0 saturated heterocycles. The van der Waals surface area contributed by atoms with E-state index in [0.717, 1.165) is 21.8 Å². The second-order valence-corrected chi connectivity index (χ2v) is 5.31. The number of rotatable bonds is 7. The van der Waals surface area contributed by atoms with Gasteiger partial charge in [0.15, 0.2) is 0 Å². The van der Waals surface area contributed by atoms with E-state index in [1.165, 1.54) is 0 Å². The number of carboxylic acids is 1. The van der Waals surface area contributed by atoms with Crippen molar-refractivity contribution in [2.24, 2.45) is 0 Å². The molecular weight excluding hydrogens is 294 g/mol. The minimum absolute atomic E-state index is 0.293. The highest BCUT2D eigenvalue weighted by molar-refractivity contribution is 6.09. The number of benzene rings is 2. The fourth-order valence-electron chi connectivity index (χ4n) is 2.82. The molecule has 0 spiro atoms. The second kappa shape index (κ2) is 6.81. The first-order valence-corrected chi connectivity index (χ1v) is 7.53. The summed E-state index contributed by atoms with van der Waals surface area (Å²) in [7, 11) is 1.64. The van der Waals surface area contributed by atoms with Crippen LogP contribution in [-0.4, -0.2) is 42.6 Å². The maximum atomic E-state index is 11.3. The Kier molecular flexibility index (Phi) is 4.60. The average molecular weight is 313 g/mol. The molecule has 0 saturated carbocycles. The normalized spacial score (nSPS) is 11.3. The number of carbonyl (C=O) groups is 1. The van der Waals surface area contributed by atoms with E-state index >= 15 is 0 Å². The summed E-state index contributed by atoms with van der Waals surface area (Å²) in [4.78, 5) is 11.3. The van der Waals surface area contributed by atoms with Crippen molar-refractivity contribution in [3.05, 3.63) is 48.0 Å². The average Bonchev–Trinajstić information content (AvgIpc) is 2.88. The van der Waals surface area contributed by atoms with Gasteiger partial charge in [-0.25, -0.2) is 4.79 Å². The monoisotopic (exact) mass is 313 g/mol. The number of aromatic carboxylic acids is 1. The Morgan fingerprint density at radius 3 is 2.61 bits per heavy atom. The van der Waals surface area contributed by atoms with Crippen molar-refractivity contribution in [2.75, 3.05) is 26.9 Å². The molecule has 2 aromatic carbocycles. The molecule has 0 bridgehead atoms. The Hall–Kier alpha value is -2.37. The van der Waals surface area contributed by atoms with E-state index in [1.54, 1.807) is 19.2 Å². The molecule has 0 radical (unpaired) electrons. The number of ether oxygens (including phenoxy) is 2. The second-order valence-electron chi connectivity index (χ2n) is 5.31. The number of para-hydroxylation sites is 1. The Labute approximate surface area is 134 Å². The van der Waals surface area contributed by atoms with Crippen LogP contribution in [0.2, 0.25) is 0 Å². The Balaban J connectivity index is 2.01. The summed E-state index contributed by atoms with van der Waals surface area (Å²) in [6.07, 6.45) is 0. The van der Waals surface area contributed by atoms with Gasteiger partial charge >= 0.3 is 5.97 Å². The van der Waals surface area contributed by atoms with Crippen LogP contribution in [0.1, 0.15) is 10.4 Å². The van der Waals surface area contributed by atoms with E-state index < -0.39 is 5.97 Å². The van der Waals surface area contributed by atoms with Gasteiger partial charge in [-0.1, -0.05) is 24.3 Å². The maximum absolute atomic E-state index is 11.3. The molecule has 0 aliphatic heterocycles. The lowest BCUT2D eigenvalue weighted by molar-refractivity contribution is 0.0673. The lowest BCUT2D eigenvalue weighted by Crippen LogP contribution is -2.09. The molecule has 1 aromatic heterocycles. The molecule has 0 fully saturated rings. The molecular formula is C18H19NO4. The highest BCUT2D eigenvalue weighted by Crippen LogP contribution is 2.29. The Bertz CT molecular complexity index is 838. The fourth-order valence-corrected chi connectivity index (χ4v) is 2.82. The molecule has 120 valence electrons. The maximum Gasteiger partial charge on any atom is 0.335 e. The third-order valence-electron chi connectivity index (χ3n) is 3.91. The largest absolute Gasteiger partial charge is 0.478 e. The fraction of sp³-hybridized carbons (Fsp3) is 0.278. The number of carboxylic acid groups (broad SMARTS) is 1. The smallest absolute Gasteiger partial charge is 0.335 e. The van der Waals surface area contributed by atoms with Gasteiger partial charge in [-0.15, -0.1) is 0 Å². The molecule has 0 unspecified atom stereocenters. The van der Waals surface area contributed by atoms with E-state index in [-0.39, 0.29) is 0 Å². The quantitative estimate of drug-likeness (QED) is 0.681. The SMILES string of the molecule is COCCOCCn1c2ccccc2c2ccc(C(=O)O)cc21. The Morgan fingerprint density at radius 1 is 1.04 bits per heavy atom. The minimum Gasteiger partial charge on any atom is -0.478 e. The standard InChI is InChI=1S/C18H19NO4/c1-22-10-11-23-9-8-19-16-5-3-2-4-14(16)15-7-6-13(18(20)21)12-17(15)19/h2-7,12H,8-11H2,1H3,(H,20,21). The Morgan fingerprint density at radius 2 is 1.83 bits per heavy atom. The molecule has 0 aliphatic carbocycles. The van der Waals surface area contributed by atoms with Crippen LogP contribution >= 0.6 is 0 Å². The third kappa shape index (κ3) is 3.06. The summed E-state index contributed by atoms with van der Waals surface area (Å²) in [6.45, 7) is 2.33. The van der Waals surface area contributed by atoms with E-state index in [1.807, 2.05) is 24.3 Å². The van der Waals surface area contributed by atoms with Crippen molar-refractivity contribution < 1.29 is 19.4 Å². The van der Waals surface area contributed by atoms with Gasteiger partial charge in [0.05, 0.1) is 30.9 Å². The van der Waals surface area contributed by atoms with Crippen LogP contribution in [0.5, 0.6) is 0 Å². The first-order valence-electron chi connectivity index (χ1n) is 7.53. The lowest BCUT2D eigenvalue weighted by Gasteiger charge is -2.08. The van der Waals surface area contributed by atoms with Gasteiger partial charge in [0.2, 0.25) is 0 Å². The molecule has 0 amide bonds. The van der Waals surface area contributed by atoms with Gasteiger partial charge in [-0.3, -0.25) is 0 Å². The van der Waals surface area contributed by atoms with Crippen LogP contribution in [0.4, 0.5) is 0 Å². The zero-order chi connectivity index (χ0) is 16.2. The molecule has 5 nitrogen and oxygen atoms in total. The van der Waals surface area contributed by atoms with Crippen molar-refractivity contribution in [1.29, 1.82) is 0 Å². The summed E-state index contributed by atoms with van der Waals surface area (Å²) in [6, 6.07) is 13.3. The summed E-state index contributed by atoms with van der Waals surface area (Å²) >= 11 is 0. The van der Waals surface area contributed by atoms with E-state index in [4.69, 9.17) is 9.47 Å². The van der Waals surface area contributed by atoms with Crippen molar-refractivity contribution in [3.63, 3.8) is 0 Å². The molecule has 5 heteroatoms. The number of aromatic nitrogens is 1. The molecule has 23 heavy (non-hydrogen) atoms. The van der Waals surface area contributed by atoms with Crippen molar-refractivity contribution >= 4 is 27.8 Å². The molecule has 1 N–H and O–H groups in total. The summed E-state index contributed by atoms with van der Waals surface area (Å²) in [5.74, 6) is -0.917. The highest BCUT2D eigenvalue weighted by Gasteiger charge is 2.12. The van der Waals surface area contributed by atoms with Crippen molar-refractivity contribution in [3.8, 4) is 0 Å². The van der Waals surface area contributed by atoms with E-state index in [2.05, 4.69) is 10.6 Å². The zero-order valence-corrected chi connectivity index (χ0v) is 13.0. The van der Waals surface area contributed by atoms with Gasteiger partial charge in [0.1, 0.15) is 0 Å². The van der Waals surface area contributed by atoms with Crippen LogP contribution < -0.4 is 0 Å².